The lowest BCUT2D eigenvalue weighted by atomic mass is 9.81. The number of hydrogen-bond donors (Lipinski definition) is 1. The monoisotopic (exact) mass is 229 g/mol. The van der Waals surface area contributed by atoms with Crippen LogP contribution in [0.25, 0.3) is 0 Å². The van der Waals surface area contributed by atoms with Crippen molar-refractivity contribution in [3.05, 3.63) is 35.4 Å². The third kappa shape index (κ3) is 2.07. The molecule has 0 amide bonds. The maximum atomic E-state index is 12.6. The summed E-state index contributed by atoms with van der Waals surface area (Å²) in [5.41, 5.74) is 0.0480. The van der Waals surface area contributed by atoms with Gasteiger partial charge >= 0.3 is 6.18 Å². The van der Waals surface area contributed by atoms with Crippen molar-refractivity contribution in [3.8, 4) is 0 Å². The Morgan fingerprint density at radius 3 is 2.62 bits per heavy atom. The number of hydrogen-bond acceptors (Lipinski definition) is 1. The van der Waals surface area contributed by atoms with E-state index >= 15 is 0 Å². The second kappa shape index (κ2) is 3.77. The van der Waals surface area contributed by atoms with E-state index < -0.39 is 11.7 Å². The van der Waals surface area contributed by atoms with Gasteiger partial charge in [0, 0.05) is 12.0 Å². The van der Waals surface area contributed by atoms with Gasteiger partial charge in [-0.25, -0.2) is 0 Å². The van der Waals surface area contributed by atoms with Crippen molar-refractivity contribution in [3.63, 3.8) is 0 Å². The molecule has 16 heavy (non-hydrogen) atoms. The van der Waals surface area contributed by atoms with Gasteiger partial charge in [-0.2, -0.15) is 13.2 Å². The number of alkyl halides is 3. The van der Waals surface area contributed by atoms with Crippen LogP contribution in [0.3, 0.4) is 0 Å². The van der Waals surface area contributed by atoms with E-state index in [-0.39, 0.29) is 5.41 Å². The van der Waals surface area contributed by atoms with E-state index in [1.54, 1.807) is 6.07 Å². The standard InChI is InChI=1S/C12H14F3N/c1-11(5-6-16-8-11)9-3-2-4-10(7-9)12(13,14)15/h2-4,7,16H,5-6,8H2,1H3/t11-/m0/s1. The SMILES string of the molecule is C[C@]1(c2cccc(C(F)(F)F)c2)CCNC1. The summed E-state index contributed by atoms with van der Waals surface area (Å²) < 4.78 is 37.7. The van der Waals surface area contributed by atoms with Crippen molar-refractivity contribution >= 4 is 0 Å². The van der Waals surface area contributed by atoms with E-state index in [2.05, 4.69) is 5.32 Å². The van der Waals surface area contributed by atoms with Crippen LogP contribution in [0.2, 0.25) is 0 Å². The molecule has 0 aliphatic carbocycles. The molecule has 1 saturated heterocycles. The van der Waals surface area contributed by atoms with Gasteiger partial charge in [0.05, 0.1) is 5.56 Å². The zero-order chi connectivity index (χ0) is 11.8. The fourth-order valence-corrected chi connectivity index (χ4v) is 2.13. The number of halogens is 3. The Labute approximate surface area is 92.7 Å². The highest BCUT2D eigenvalue weighted by Crippen LogP contribution is 2.35. The predicted octanol–water partition coefficient (Wildman–Crippen LogP) is 2.96. The summed E-state index contributed by atoms with van der Waals surface area (Å²) in [7, 11) is 0. The van der Waals surface area contributed by atoms with Gasteiger partial charge in [0.2, 0.25) is 0 Å². The van der Waals surface area contributed by atoms with E-state index in [9.17, 15) is 13.2 Å². The molecule has 2 rings (SSSR count). The normalized spacial score (nSPS) is 26.0. The summed E-state index contributed by atoms with van der Waals surface area (Å²) in [5.74, 6) is 0. The van der Waals surface area contributed by atoms with Crippen LogP contribution in [-0.2, 0) is 11.6 Å². The Hall–Kier alpha value is -1.03. The minimum atomic E-state index is -4.25. The smallest absolute Gasteiger partial charge is 0.316 e. The van der Waals surface area contributed by atoms with Gasteiger partial charge in [0.25, 0.3) is 0 Å². The van der Waals surface area contributed by atoms with E-state index in [1.807, 2.05) is 6.92 Å². The van der Waals surface area contributed by atoms with Crippen LogP contribution in [0.4, 0.5) is 13.2 Å². The van der Waals surface area contributed by atoms with Crippen molar-refractivity contribution in [2.45, 2.75) is 24.9 Å². The largest absolute Gasteiger partial charge is 0.416 e. The Morgan fingerprint density at radius 2 is 2.06 bits per heavy atom. The Balaban J connectivity index is 2.36. The molecule has 1 atom stereocenters. The van der Waals surface area contributed by atoms with E-state index in [0.29, 0.717) is 0 Å². The first-order valence-corrected chi connectivity index (χ1v) is 5.30. The summed E-state index contributed by atoms with van der Waals surface area (Å²) in [6.07, 6.45) is -3.37. The number of rotatable bonds is 1. The fraction of sp³-hybridized carbons (Fsp3) is 0.500. The van der Waals surface area contributed by atoms with Gasteiger partial charge in [-0.1, -0.05) is 25.1 Å². The highest BCUT2D eigenvalue weighted by molar-refractivity contribution is 5.32. The van der Waals surface area contributed by atoms with Gasteiger partial charge in [-0.3, -0.25) is 0 Å². The lowest BCUT2D eigenvalue weighted by Gasteiger charge is -2.24. The first kappa shape index (κ1) is 11.5. The highest BCUT2D eigenvalue weighted by atomic mass is 19.4. The molecule has 1 aromatic rings. The van der Waals surface area contributed by atoms with Crippen molar-refractivity contribution in [2.24, 2.45) is 0 Å². The Kier molecular flexibility index (Phi) is 2.70. The van der Waals surface area contributed by atoms with Gasteiger partial charge in [-0.05, 0) is 24.6 Å². The van der Waals surface area contributed by atoms with Crippen molar-refractivity contribution in [1.29, 1.82) is 0 Å². The van der Waals surface area contributed by atoms with Crippen LogP contribution < -0.4 is 5.32 Å². The molecule has 88 valence electrons. The van der Waals surface area contributed by atoms with E-state index in [1.165, 1.54) is 12.1 Å². The van der Waals surface area contributed by atoms with Crippen molar-refractivity contribution in [2.75, 3.05) is 13.1 Å². The minimum absolute atomic E-state index is 0.165. The summed E-state index contributed by atoms with van der Waals surface area (Å²) in [6.45, 7) is 3.61. The van der Waals surface area contributed by atoms with Crippen LogP contribution in [0.15, 0.2) is 24.3 Å². The van der Waals surface area contributed by atoms with Gasteiger partial charge < -0.3 is 5.32 Å². The lowest BCUT2D eigenvalue weighted by molar-refractivity contribution is -0.137. The Morgan fingerprint density at radius 1 is 1.31 bits per heavy atom. The van der Waals surface area contributed by atoms with Crippen LogP contribution >= 0.6 is 0 Å². The topological polar surface area (TPSA) is 12.0 Å². The van der Waals surface area contributed by atoms with Gasteiger partial charge in [0.15, 0.2) is 0 Å². The maximum Gasteiger partial charge on any atom is 0.416 e. The third-order valence-electron chi connectivity index (χ3n) is 3.26. The Bertz CT molecular complexity index is 378. The minimum Gasteiger partial charge on any atom is -0.316 e. The number of nitrogens with one attached hydrogen (secondary N) is 1. The first-order valence-electron chi connectivity index (χ1n) is 5.30. The molecule has 1 aliphatic heterocycles. The summed E-state index contributed by atoms with van der Waals surface area (Å²) >= 11 is 0. The average Bonchev–Trinajstić information content (AvgIpc) is 2.66. The summed E-state index contributed by atoms with van der Waals surface area (Å²) in [6, 6.07) is 5.66. The predicted molar refractivity (Wildman–Crippen MR) is 56.3 cm³/mol. The van der Waals surface area contributed by atoms with Crippen LogP contribution in [-0.4, -0.2) is 13.1 Å². The van der Waals surface area contributed by atoms with Gasteiger partial charge in [0.1, 0.15) is 0 Å². The highest BCUT2D eigenvalue weighted by Gasteiger charge is 2.34. The summed E-state index contributed by atoms with van der Waals surface area (Å²) in [4.78, 5) is 0. The molecule has 1 nitrogen and oxygen atoms in total. The molecule has 1 N–H and O–H groups in total. The first-order chi connectivity index (χ1) is 7.42. The fourth-order valence-electron chi connectivity index (χ4n) is 2.13. The molecule has 4 heteroatoms. The molecule has 0 bridgehead atoms. The van der Waals surface area contributed by atoms with Crippen molar-refractivity contribution < 1.29 is 13.2 Å². The second-order valence-corrected chi connectivity index (χ2v) is 4.57. The lowest BCUT2D eigenvalue weighted by Crippen LogP contribution is -2.25. The molecule has 1 aliphatic rings. The number of benzene rings is 1. The molecule has 1 heterocycles. The third-order valence-corrected chi connectivity index (χ3v) is 3.26. The van der Waals surface area contributed by atoms with E-state index in [4.69, 9.17) is 0 Å². The maximum absolute atomic E-state index is 12.6. The molecule has 0 aromatic heterocycles. The van der Waals surface area contributed by atoms with Crippen LogP contribution in [0.1, 0.15) is 24.5 Å². The second-order valence-electron chi connectivity index (χ2n) is 4.57. The summed E-state index contributed by atoms with van der Waals surface area (Å²) in [5, 5.41) is 3.19. The van der Waals surface area contributed by atoms with Crippen LogP contribution in [0.5, 0.6) is 0 Å². The molecule has 1 fully saturated rings. The van der Waals surface area contributed by atoms with E-state index in [0.717, 1.165) is 31.1 Å². The zero-order valence-corrected chi connectivity index (χ0v) is 9.06. The molecule has 0 radical (unpaired) electrons. The molecule has 0 spiro atoms. The molecule has 0 unspecified atom stereocenters. The van der Waals surface area contributed by atoms with Gasteiger partial charge in [-0.15, -0.1) is 0 Å². The molecule has 0 saturated carbocycles. The molecular formula is C12H14F3N. The molecule has 1 aromatic carbocycles. The average molecular weight is 229 g/mol. The van der Waals surface area contributed by atoms with Crippen LogP contribution in [0, 0.1) is 0 Å². The quantitative estimate of drug-likeness (QED) is 0.780. The zero-order valence-electron chi connectivity index (χ0n) is 9.06. The van der Waals surface area contributed by atoms with Crippen molar-refractivity contribution in [1.82, 2.24) is 5.32 Å². The molecular weight excluding hydrogens is 215 g/mol.